The van der Waals surface area contributed by atoms with E-state index in [9.17, 15) is 8.42 Å². The first-order valence-corrected chi connectivity index (χ1v) is 6.86. The molecule has 8 heteroatoms. The average molecular weight is 262 g/mol. The Morgan fingerprint density at radius 3 is 2.94 bits per heavy atom. The predicted octanol–water partition coefficient (Wildman–Crippen LogP) is 0.255. The lowest BCUT2D eigenvalue weighted by molar-refractivity contribution is 0.204. The number of aryl methyl sites for hydroxylation is 1. The monoisotopic (exact) mass is 262 g/mol. The van der Waals surface area contributed by atoms with Crippen molar-refractivity contribution < 1.29 is 13.2 Å². The summed E-state index contributed by atoms with van der Waals surface area (Å²) in [6.45, 7) is 2.58. The highest BCUT2D eigenvalue weighted by Gasteiger charge is 2.11. The van der Waals surface area contributed by atoms with Gasteiger partial charge in [0.25, 0.3) is 10.2 Å². The molecular weight excluding hydrogens is 244 g/mol. The molecule has 0 bridgehead atoms. The van der Waals surface area contributed by atoms with E-state index in [0.717, 1.165) is 18.5 Å². The van der Waals surface area contributed by atoms with Gasteiger partial charge in [0, 0.05) is 25.4 Å². The van der Waals surface area contributed by atoms with Gasteiger partial charge in [0.15, 0.2) is 5.82 Å². The summed E-state index contributed by atoms with van der Waals surface area (Å²) in [5.74, 6) is 0.290. The summed E-state index contributed by atoms with van der Waals surface area (Å²) in [7, 11) is -2.06. The van der Waals surface area contributed by atoms with Crippen molar-refractivity contribution in [1.82, 2.24) is 14.9 Å². The Kier molecular flexibility index (Phi) is 5.39. The third-order valence-electron chi connectivity index (χ3n) is 1.99. The van der Waals surface area contributed by atoms with Crippen LogP contribution < -0.4 is 9.44 Å². The summed E-state index contributed by atoms with van der Waals surface area (Å²) in [6, 6.07) is 1.68. The first kappa shape index (κ1) is 13.9. The van der Waals surface area contributed by atoms with Crippen molar-refractivity contribution in [3.05, 3.63) is 11.8 Å². The Morgan fingerprint density at radius 1 is 1.53 bits per heavy atom. The Hall–Kier alpha value is -1.12. The molecule has 1 aromatic heterocycles. The van der Waals surface area contributed by atoms with Gasteiger partial charge in [0.05, 0.1) is 6.61 Å². The van der Waals surface area contributed by atoms with Gasteiger partial charge in [-0.25, -0.2) is 0 Å². The van der Waals surface area contributed by atoms with Crippen molar-refractivity contribution in [3.63, 3.8) is 0 Å². The molecule has 0 fully saturated rings. The van der Waals surface area contributed by atoms with Gasteiger partial charge in [-0.15, -0.1) is 0 Å². The van der Waals surface area contributed by atoms with E-state index in [-0.39, 0.29) is 6.54 Å². The zero-order valence-corrected chi connectivity index (χ0v) is 10.8. The van der Waals surface area contributed by atoms with Gasteiger partial charge in [0.1, 0.15) is 0 Å². The SMILES string of the molecule is CCCc1cc(NS(=O)(=O)NCCOC)n[nH]1. The fourth-order valence-corrected chi connectivity index (χ4v) is 2.07. The fraction of sp³-hybridized carbons (Fsp3) is 0.667. The Labute approximate surface area is 101 Å². The van der Waals surface area contributed by atoms with Crippen molar-refractivity contribution in [1.29, 1.82) is 0 Å². The first-order chi connectivity index (χ1) is 8.07. The van der Waals surface area contributed by atoms with Crippen LogP contribution in [0.15, 0.2) is 6.07 Å². The summed E-state index contributed by atoms with van der Waals surface area (Å²) < 4.78 is 32.4. The molecule has 0 saturated carbocycles. The van der Waals surface area contributed by atoms with Crippen LogP contribution in [0.1, 0.15) is 19.0 Å². The highest BCUT2D eigenvalue weighted by atomic mass is 32.2. The maximum absolute atomic E-state index is 11.5. The van der Waals surface area contributed by atoms with E-state index in [0.29, 0.717) is 12.4 Å². The van der Waals surface area contributed by atoms with Crippen molar-refractivity contribution in [2.75, 3.05) is 25.0 Å². The minimum Gasteiger partial charge on any atom is -0.383 e. The van der Waals surface area contributed by atoms with Crippen LogP contribution >= 0.6 is 0 Å². The van der Waals surface area contributed by atoms with Crippen LogP contribution in [0.5, 0.6) is 0 Å². The number of rotatable bonds is 8. The van der Waals surface area contributed by atoms with Gasteiger partial charge in [0.2, 0.25) is 0 Å². The molecule has 1 heterocycles. The molecular formula is C9H18N4O3S. The van der Waals surface area contributed by atoms with Gasteiger partial charge >= 0.3 is 0 Å². The lowest BCUT2D eigenvalue weighted by Gasteiger charge is -2.05. The molecule has 0 radical (unpaired) electrons. The predicted molar refractivity (Wildman–Crippen MR) is 65.0 cm³/mol. The summed E-state index contributed by atoms with van der Waals surface area (Å²) in [6.07, 6.45) is 1.81. The molecule has 17 heavy (non-hydrogen) atoms. The number of anilines is 1. The number of hydrogen-bond acceptors (Lipinski definition) is 4. The Balaban J connectivity index is 2.50. The Bertz CT molecular complexity index is 429. The molecule has 7 nitrogen and oxygen atoms in total. The number of nitrogens with zero attached hydrogens (tertiary/aromatic N) is 1. The second kappa shape index (κ2) is 6.58. The minimum atomic E-state index is -3.57. The zero-order valence-electron chi connectivity index (χ0n) is 9.99. The van der Waals surface area contributed by atoms with E-state index in [2.05, 4.69) is 19.6 Å². The zero-order chi connectivity index (χ0) is 12.7. The molecule has 3 N–H and O–H groups in total. The minimum absolute atomic E-state index is 0.220. The molecule has 0 spiro atoms. The molecule has 0 amide bonds. The van der Waals surface area contributed by atoms with Crippen LogP contribution in [-0.4, -0.2) is 38.9 Å². The summed E-state index contributed by atoms with van der Waals surface area (Å²) in [5.41, 5.74) is 0.905. The molecule has 0 aromatic carbocycles. The largest absolute Gasteiger partial charge is 0.383 e. The molecule has 0 atom stereocenters. The second-order valence-electron chi connectivity index (χ2n) is 3.52. The summed E-state index contributed by atoms with van der Waals surface area (Å²) >= 11 is 0. The molecule has 0 unspecified atom stereocenters. The number of methoxy groups -OCH3 is 1. The van der Waals surface area contributed by atoms with Gasteiger partial charge in [-0.2, -0.15) is 18.2 Å². The van der Waals surface area contributed by atoms with Crippen LogP contribution in [0.4, 0.5) is 5.82 Å². The van der Waals surface area contributed by atoms with E-state index in [1.807, 2.05) is 6.92 Å². The molecule has 0 aliphatic carbocycles. The molecule has 1 rings (SSSR count). The summed E-state index contributed by atoms with van der Waals surface area (Å²) in [4.78, 5) is 0. The van der Waals surface area contributed by atoms with Crippen LogP contribution in [0.3, 0.4) is 0 Å². The summed E-state index contributed by atoms with van der Waals surface area (Å²) in [5, 5.41) is 6.63. The third kappa shape index (κ3) is 5.16. The number of aromatic amines is 1. The van der Waals surface area contributed by atoms with Crippen molar-refractivity contribution in [2.24, 2.45) is 0 Å². The number of ether oxygens (including phenoxy) is 1. The molecule has 98 valence electrons. The second-order valence-corrected chi connectivity index (χ2v) is 5.02. The number of nitrogens with one attached hydrogen (secondary N) is 3. The van der Waals surface area contributed by atoms with Crippen LogP contribution in [-0.2, 0) is 21.4 Å². The number of hydrogen-bond donors (Lipinski definition) is 3. The topological polar surface area (TPSA) is 96.1 Å². The van der Waals surface area contributed by atoms with Crippen LogP contribution in [0.25, 0.3) is 0 Å². The van der Waals surface area contributed by atoms with Crippen molar-refractivity contribution in [2.45, 2.75) is 19.8 Å². The quantitative estimate of drug-likeness (QED) is 0.585. The average Bonchev–Trinajstić information content (AvgIpc) is 2.65. The van der Waals surface area contributed by atoms with Crippen LogP contribution in [0.2, 0.25) is 0 Å². The number of aromatic nitrogens is 2. The normalized spacial score (nSPS) is 11.6. The Morgan fingerprint density at radius 2 is 2.29 bits per heavy atom. The van der Waals surface area contributed by atoms with Crippen LogP contribution in [0, 0.1) is 0 Å². The first-order valence-electron chi connectivity index (χ1n) is 5.38. The fourth-order valence-electron chi connectivity index (χ4n) is 1.26. The number of H-pyrrole nitrogens is 1. The lowest BCUT2D eigenvalue weighted by atomic mass is 10.2. The standard InChI is InChI=1S/C9H18N4O3S/c1-3-4-8-7-9(12-11-8)13-17(14,15)10-5-6-16-2/h7,10H,3-6H2,1-2H3,(H2,11,12,13). The smallest absolute Gasteiger partial charge is 0.300 e. The molecule has 0 aliphatic rings. The van der Waals surface area contributed by atoms with Crippen molar-refractivity contribution in [3.8, 4) is 0 Å². The molecule has 0 aliphatic heterocycles. The third-order valence-corrected chi connectivity index (χ3v) is 3.05. The van der Waals surface area contributed by atoms with Gasteiger partial charge in [-0.3, -0.25) is 9.82 Å². The van der Waals surface area contributed by atoms with E-state index in [1.54, 1.807) is 6.07 Å². The van der Waals surface area contributed by atoms with E-state index < -0.39 is 10.2 Å². The maximum Gasteiger partial charge on any atom is 0.300 e. The van der Waals surface area contributed by atoms with Gasteiger partial charge in [-0.1, -0.05) is 13.3 Å². The van der Waals surface area contributed by atoms with Crippen molar-refractivity contribution >= 4 is 16.0 Å². The van der Waals surface area contributed by atoms with Gasteiger partial charge < -0.3 is 4.74 Å². The highest BCUT2D eigenvalue weighted by Crippen LogP contribution is 2.08. The van der Waals surface area contributed by atoms with Gasteiger partial charge in [-0.05, 0) is 6.42 Å². The highest BCUT2D eigenvalue weighted by molar-refractivity contribution is 7.90. The van der Waals surface area contributed by atoms with E-state index >= 15 is 0 Å². The maximum atomic E-state index is 11.5. The van der Waals surface area contributed by atoms with E-state index in [4.69, 9.17) is 4.74 Å². The lowest BCUT2D eigenvalue weighted by Crippen LogP contribution is -2.32. The molecule has 0 saturated heterocycles. The molecule has 1 aromatic rings. The van der Waals surface area contributed by atoms with E-state index in [1.165, 1.54) is 7.11 Å².